The molecule has 0 atom stereocenters. The quantitative estimate of drug-likeness (QED) is 0.382. The highest BCUT2D eigenvalue weighted by molar-refractivity contribution is 5.10. The molecule has 0 aliphatic rings. The molecule has 10 heavy (non-hydrogen) atoms. The maximum Gasteiger partial charge on any atom is -0.0401 e. The van der Waals surface area contributed by atoms with Crippen molar-refractivity contribution in [2.75, 3.05) is 0 Å². The van der Waals surface area contributed by atoms with E-state index in [1.54, 1.807) is 0 Å². The maximum absolute atomic E-state index is 3.56. The average molecular weight is 140 g/mol. The van der Waals surface area contributed by atoms with E-state index in [9.17, 15) is 0 Å². The summed E-state index contributed by atoms with van der Waals surface area (Å²) in [5.41, 5.74) is 1.23. The highest BCUT2D eigenvalue weighted by Crippen LogP contribution is 1.88. The summed E-state index contributed by atoms with van der Waals surface area (Å²) < 4.78 is 0. The molecule has 0 aromatic heterocycles. The van der Waals surface area contributed by atoms with Gasteiger partial charge in [0.15, 0.2) is 0 Å². The van der Waals surface area contributed by atoms with Crippen LogP contribution in [0.15, 0.2) is 37.5 Å². The van der Waals surface area contributed by atoms with Gasteiger partial charge in [-0.15, -0.1) is 13.2 Å². The van der Waals surface area contributed by atoms with Crippen LogP contribution in [0.25, 0.3) is 0 Å². The SMILES string of the molecule is C=C.C=C/C(C)=C\C.CC. The lowest BCUT2D eigenvalue weighted by Crippen LogP contribution is -1.57. The summed E-state index contributed by atoms with van der Waals surface area (Å²) in [6.07, 6.45) is 3.85. The van der Waals surface area contributed by atoms with Crippen LogP contribution in [0.3, 0.4) is 0 Å². The third-order valence-electron chi connectivity index (χ3n) is 0.777. The van der Waals surface area contributed by atoms with Gasteiger partial charge in [0.05, 0.1) is 0 Å². The second kappa shape index (κ2) is 24.1. The Labute approximate surface area is 66.0 Å². The van der Waals surface area contributed by atoms with E-state index in [2.05, 4.69) is 19.7 Å². The molecule has 60 valence electrons. The summed E-state index contributed by atoms with van der Waals surface area (Å²) in [6, 6.07) is 0. The Morgan fingerprint density at radius 2 is 1.50 bits per heavy atom. The zero-order chi connectivity index (χ0) is 8.99. The molecule has 0 fully saturated rings. The Kier molecular flexibility index (Phi) is 38.7. The lowest BCUT2D eigenvalue weighted by atomic mass is 10.3. The zero-order valence-corrected chi connectivity index (χ0v) is 7.78. The molecule has 0 spiro atoms. The predicted molar refractivity (Wildman–Crippen MR) is 52.2 cm³/mol. The average Bonchev–Trinajstić information content (AvgIpc) is 2.10. The Morgan fingerprint density at radius 1 is 1.20 bits per heavy atom. The van der Waals surface area contributed by atoms with E-state index in [4.69, 9.17) is 0 Å². The number of hydrogen-bond donors (Lipinski definition) is 0. The van der Waals surface area contributed by atoms with E-state index in [0.717, 1.165) is 0 Å². The normalized spacial score (nSPS) is 7.80. The van der Waals surface area contributed by atoms with Crippen molar-refractivity contribution in [2.45, 2.75) is 27.7 Å². The molecule has 0 rings (SSSR count). The van der Waals surface area contributed by atoms with Gasteiger partial charge in [0.1, 0.15) is 0 Å². The van der Waals surface area contributed by atoms with Crippen LogP contribution in [0.1, 0.15) is 27.7 Å². The van der Waals surface area contributed by atoms with Gasteiger partial charge in [0.2, 0.25) is 0 Å². The lowest BCUT2D eigenvalue weighted by Gasteiger charge is -1.78. The van der Waals surface area contributed by atoms with E-state index < -0.39 is 0 Å². The summed E-state index contributed by atoms with van der Waals surface area (Å²) in [4.78, 5) is 0. The fourth-order valence-corrected chi connectivity index (χ4v) is 0.118. The van der Waals surface area contributed by atoms with Gasteiger partial charge in [0, 0.05) is 0 Å². The number of rotatable bonds is 1. The molecule has 0 heterocycles. The molecule has 0 unspecified atom stereocenters. The largest absolute Gasteiger partial charge is 0.106 e. The van der Waals surface area contributed by atoms with E-state index in [1.165, 1.54) is 5.57 Å². The Bertz CT molecular complexity index is 78.0. The molecular weight excluding hydrogens is 120 g/mol. The van der Waals surface area contributed by atoms with Crippen LogP contribution in [0.5, 0.6) is 0 Å². The second-order valence-corrected chi connectivity index (χ2v) is 1.24. The van der Waals surface area contributed by atoms with Crippen molar-refractivity contribution >= 4 is 0 Å². The second-order valence-electron chi connectivity index (χ2n) is 1.24. The highest BCUT2D eigenvalue weighted by Gasteiger charge is 1.66. The Morgan fingerprint density at radius 3 is 1.50 bits per heavy atom. The molecule has 0 aromatic rings. The van der Waals surface area contributed by atoms with Crippen LogP contribution in [-0.4, -0.2) is 0 Å². The first-order chi connectivity index (χ1) is 4.81. The van der Waals surface area contributed by atoms with Crippen molar-refractivity contribution in [1.29, 1.82) is 0 Å². The van der Waals surface area contributed by atoms with Gasteiger partial charge in [0.25, 0.3) is 0 Å². The summed E-state index contributed by atoms with van der Waals surface area (Å²) in [5, 5.41) is 0. The fraction of sp³-hybridized carbons (Fsp3) is 0.400. The van der Waals surface area contributed by atoms with Gasteiger partial charge in [-0.2, -0.15) is 0 Å². The van der Waals surface area contributed by atoms with Gasteiger partial charge in [-0.3, -0.25) is 0 Å². The minimum Gasteiger partial charge on any atom is -0.106 e. The molecular formula is C10H20. The van der Waals surface area contributed by atoms with Crippen molar-refractivity contribution < 1.29 is 0 Å². The summed E-state index contributed by atoms with van der Waals surface area (Å²) in [5.74, 6) is 0. The first-order valence-corrected chi connectivity index (χ1v) is 3.56. The van der Waals surface area contributed by atoms with E-state index in [0.29, 0.717) is 0 Å². The lowest BCUT2D eigenvalue weighted by molar-refractivity contribution is 1.49. The van der Waals surface area contributed by atoms with E-state index in [-0.39, 0.29) is 0 Å². The smallest absolute Gasteiger partial charge is 0.0401 e. The number of allylic oxidation sites excluding steroid dienone is 3. The molecule has 0 N–H and O–H groups in total. The molecule has 0 aromatic carbocycles. The molecule has 0 heteroatoms. The van der Waals surface area contributed by atoms with Gasteiger partial charge in [-0.05, 0) is 13.8 Å². The minimum atomic E-state index is 1.23. The van der Waals surface area contributed by atoms with Crippen molar-refractivity contribution in [3.63, 3.8) is 0 Å². The predicted octanol–water partition coefficient (Wildman–Crippen LogP) is 3.97. The van der Waals surface area contributed by atoms with E-state index in [1.807, 2.05) is 39.8 Å². The Hall–Kier alpha value is -0.780. The minimum absolute atomic E-state index is 1.23. The molecule has 0 saturated heterocycles. The monoisotopic (exact) mass is 140 g/mol. The summed E-state index contributed by atoms with van der Waals surface area (Å²) >= 11 is 0. The van der Waals surface area contributed by atoms with E-state index >= 15 is 0 Å². The third kappa shape index (κ3) is 26.9. The van der Waals surface area contributed by atoms with Crippen molar-refractivity contribution in [3.8, 4) is 0 Å². The molecule has 0 nitrogen and oxygen atoms in total. The fourth-order valence-electron chi connectivity index (χ4n) is 0.118. The van der Waals surface area contributed by atoms with Crippen molar-refractivity contribution in [3.05, 3.63) is 37.5 Å². The summed E-state index contributed by atoms with van der Waals surface area (Å²) in [6.45, 7) is 17.6. The topological polar surface area (TPSA) is 0 Å². The van der Waals surface area contributed by atoms with Crippen molar-refractivity contribution in [2.24, 2.45) is 0 Å². The first-order valence-electron chi connectivity index (χ1n) is 3.56. The standard InChI is InChI=1S/C6H10.C2H6.C2H4/c1-4-6(3)5-2;2*1-2/h4-5H,1H2,2-3H3;1-2H3;1-2H2/b6-5-;;. The first kappa shape index (κ1) is 16.1. The van der Waals surface area contributed by atoms with Crippen LogP contribution in [0, 0.1) is 0 Å². The molecule has 0 radical (unpaired) electrons. The van der Waals surface area contributed by atoms with Crippen molar-refractivity contribution in [1.82, 2.24) is 0 Å². The van der Waals surface area contributed by atoms with Crippen LogP contribution >= 0.6 is 0 Å². The molecule has 0 amide bonds. The molecule has 0 aliphatic heterocycles. The Balaban J connectivity index is -0.000000105. The molecule has 0 saturated carbocycles. The summed E-state index contributed by atoms with van der Waals surface area (Å²) in [7, 11) is 0. The van der Waals surface area contributed by atoms with Crippen LogP contribution in [-0.2, 0) is 0 Å². The van der Waals surface area contributed by atoms with Gasteiger partial charge in [-0.25, -0.2) is 0 Å². The van der Waals surface area contributed by atoms with Crippen LogP contribution in [0.2, 0.25) is 0 Å². The van der Waals surface area contributed by atoms with Gasteiger partial charge in [-0.1, -0.05) is 38.2 Å². The van der Waals surface area contributed by atoms with Crippen LogP contribution < -0.4 is 0 Å². The van der Waals surface area contributed by atoms with Crippen LogP contribution in [0.4, 0.5) is 0 Å². The highest BCUT2D eigenvalue weighted by atomic mass is 13.7. The zero-order valence-electron chi connectivity index (χ0n) is 7.78. The third-order valence-corrected chi connectivity index (χ3v) is 0.777. The molecule has 0 bridgehead atoms. The molecule has 0 aliphatic carbocycles. The maximum atomic E-state index is 3.56. The van der Waals surface area contributed by atoms with Gasteiger partial charge >= 0.3 is 0 Å². The number of hydrogen-bond acceptors (Lipinski definition) is 0. The van der Waals surface area contributed by atoms with Gasteiger partial charge < -0.3 is 0 Å².